The zero-order chi connectivity index (χ0) is 11.8. The Bertz CT molecular complexity index is 377. The van der Waals surface area contributed by atoms with Crippen LogP contribution in [0.5, 0.6) is 0 Å². The second-order valence-corrected chi connectivity index (χ2v) is 3.66. The average Bonchev–Trinajstić information content (AvgIpc) is 2.29. The highest BCUT2D eigenvalue weighted by Crippen LogP contribution is 2.07. The number of alkyl halides is 1. The van der Waals surface area contributed by atoms with Crippen LogP contribution in [0, 0.1) is 6.92 Å². The van der Waals surface area contributed by atoms with Gasteiger partial charge < -0.3 is 10.6 Å². The molecule has 0 heterocycles. The number of carbonyl (C=O) groups is 1. The van der Waals surface area contributed by atoms with Crippen LogP contribution in [0.4, 0.5) is 4.79 Å². The fourth-order valence-electron chi connectivity index (χ4n) is 1.19. The number of hydrogen-bond acceptors (Lipinski definition) is 1. The third kappa shape index (κ3) is 4.36. The van der Waals surface area contributed by atoms with Gasteiger partial charge in [-0.1, -0.05) is 24.3 Å². The van der Waals surface area contributed by atoms with Crippen molar-refractivity contribution >= 4 is 23.7 Å². The first kappa shape index (κ1) is 12.6. The molecule has 0 bridgehead atoms. The molecular formula is C12H15ClN2O. The standard InChI is InChI=1S/C12H15ClN2O/c1-10-4-2-3-5-11(10)6-8-14-12(16)15-9-7-13/h2-6,8H,7,9H2,1H3,(H2,14,15,16)/b8-6+. The van der Waals surface area contributed by atoms with Gasteiger partial charge in [-0.05, 0) is 24.1 Å². The number of amides is 2. The first-order chi connectivity index (χ1) is 7.74. The normalized spacial score (nSPS) is 10.4. The SMILES string of the molecule is Cc1ccccc1/C=C/NC(=O)NCCCl. The van der Waals surface area contributed by atoms with Crippen molar-refractivity contribution in [2.75, 3.05) is 12.4 Å². The van der Waals surface area contributed by atoms with Gasteiger partial charge in [-0.15, -0.1) is 11.6 Å². The number of carbonyl (C=O) groups excluding carboxylic acids is 1. The van der Waals surface area contributed by atoms with Crippen LogP contribution in [-0.2, 0) is 0 Å². The molecule has 0 saturated heterocycles. The summed E-state index contributed by atoms with van der Waals surface area (Å²) >= 11 is 5.44. The van der Waals surface area contributed by atoms with Gasteiger partial charge in [0.15, 0.2) is 0 Å². The third-order valence-electron chi connectivity index (χ3n) is 2.05. The highest BCUT2D eigenvalue weighted by Gasteiger charge is 1.94. The van der Waals surface area contributed by atoms with E-state index in [1.807, 2.05) is 37.3 Å². The Hall–Kier alpha value is -1.48. The minimum Gasteiger partial charge on any atom is -0.337 e. The van der Waals surface area contributed by atoms with E-state index in [4.69, 9.17) is 11.6 Å². The van der Waals surface area contributed by atoms with E-state index >= 15 is 0 Å². The molecule has 0 saturated carbocycles. The molecule has 4 heteroatoms. The molecule has 2 N–H and O–H groups in total. The van der Waals surface area contributed by atoms with Gasteiger partial charge in [0.2, 0.25) is 0 Å². The Morgan fingerprint density at radius 2 is 2.19 bits per heavy atom. The molecule has 0 spiro atoms. The molecule has 0 unspecified atom stereocenters. The Morgan fingerprint density at radius 1 is 1.44 bits per heavy atom. The number of urea groups is 1. The summed E-state index contributed by atoms with van der Waals surface area (Å²) in [5.41, 5.74) is 2.25. The van der Waals surface area contributed by atoms with Gasteiger partial charge in [-0.25, -0.2) is 4.79 Å². The number of nitrogens with one attached hydrogen (secondary N) is 2. The summed E-state index contributed by atoms with van der Waals surface area (Å²) in [6, 6.07) is 7.70. The number of halogens is 1. The summed E-state index contributed by atoms with van der Waals surface area (Å²) in [5, 5.41) is 5.20. The molecule has 0 aromatic heterocycles. The smallest absolute Gasteiger partial charge is 0.318 e. The van der Waals surface area contributed by atoms with Crippen LogP contribution in [0.2, 0.25) is 0 Å². The van der Waals surface area contributed by atoms with Gasteiger partial charge >= 0.3 is 6.03 Å². The maximum Gasteiger partial charge on any atom is 0.318 e. The summed E-state index contributed by atoms with van der Waals surface area (Å²) in [6.07, 6.45) is 3.47. The van der Waals surface area contributed by atoms with Crippen molar-refractivity contribution in [2.24, 2.45) is 0 Å². The predicted molar refractivity (Wildman–Crippen MR) is 67.5 cm³/mol. The van der Waals surface area contributed by atoms with Crippen LogP contribution in [-0.4, -0.2) is 18.5 Å². The lowest BCUT2D eigenvalue weighted by atomic mass is 10.1. The van der Waals surface area contributed by atoms with E-state index in [1.165, 1.54) is 5.56 Å². The summed E-state index contributed by atoms with van der Waals surface area (Å²) in [4.78, 5) is 11.1. The Labute approximate surface area is 100 Å². The molecule has 16 heavy (non-hydrogen) atoms. The van der Waals surface area contributed by atoms with Crippen LogP contribution >= 0.6 is 11.6 Å². The lowest BCUT2D eigenvalue weighted by molar-refractivity contribution is 0.245. The molecule has 1 aromatic carbocycles. The summed E-state index contributed by atoms with van der Waals surface area (Å²) < 4.78 is 0. The summed E-state index contributed by atoms with van der Waals surface area (Å²) in [5.74, 6) is 0.412. The second-order valence-electron chi connectivity index (χ2n) is 3.28. The van der Waals surface area contributed by atoms with Crippen molar-refractivity contribution < 1.29 is 4.79 Å². The van der Waals surface area contributed by atoms with Gasteiger partial charge in [0, 0.05) is 18.6 Å². The van der Waals surface area contributed by atoms with Crippen molar-refractivity contribution in [3.63, 3.8) is 0 Å². The fraction of sp³-hybridized carbons (Fsp3) is 0.250. The first-order valence-corrected chi connectivity index (χ1v) is 5.60. The zero-order valence-electron chi connectivity index (χ0n) is 9.16. The van der Waals surface area contributed by atoms with Crippen LogP contribution < -0.4 is 10.6 Å². The highest BCUT2D eigenvalue weighted by atomic mass is 35.5. The molecule has 3 nitrogen and oxygen atoms in total. The van der Waals surface area contributed by atoms with Crippen LogP contribution in [0.25, 0.3) is 6.08 Å². The van der Waals surface area contributed by atoms with Gasteiger partial charge in [0.1, 0.15) is 0 Å². The molecule has 0 aliphatic carbocycles. The van der Waals surface area contributed by atoms with Crippen molar-refractivity contribution in [3.8, 4) is 0 Å². The Morgan fingerprint density at radius 3 is 2.88 bits per heavy atom. The first-order valence-electron chi connectivity index (χ1n) is 5.06. The fourth-order valence-corrected chi connectivity index (χ4v) is 1.29. The van der Waals surface area contributed by atoms with Crippen molar-refractivity contribution in [1.82, 2.24) is 10.6 Å². The van der Waals surface area contributed by atoms with E-state index in [2.05, 4.69) is 10.6 Å². The molecule has 0 radical (unpaired) electrons. The van der Waals surface area contributed by atoms with E-state index in [0.717, 1.165) is 5.56 Å². The second kappa shape index (κ2) is 6.90. The summed E-state index contributed by atoms with van der Waals surface area (Å²) in [7, 11) is 0. The average molecular weight is 239 g/mol. The third-order valence-corrected chi connectivity index (χ3v) is 2.23. The molecule has 0 atom stereocenters. The number of benzene rings is 1. The lowest BCUT2D eigenvalue weighted by Crippen LogP contribution is -2.33. The zero-order valence-corrected chi connectivity index (χ0v) is 9.92. The van der Waals surface area contributed by atoms with Crippen molar-refractivity contribution in [2.45, 2.75) is 6.92 Å². The monoisotopic (exact) mass is 238 g/mol. The Kier molecular flexibility index (Phi) is 5.43. The van der Waals surface area contributed by atoms with Crippen LogP contribution in [0.15, 0.2) is 30.5 Å². The minimum atomic E-state index is -0.245. The maximum absolute atomic E-state index is 11.1. The highest BCUT2D eigenvalue weighted by molar-refractivity contribution is 6.18. The van der Waals surface area contributed by atoms with Crippen LogP contribution in [0.3, 0.4) is 0 Å². The molecule has 86 valence electrons. The predicted octanol–water partition coefficient (Wildman–Crippen LogP) is 2.50. The van der Waals surface area contributed by atoms with E-state index < -0.39 is 0 Å². The number of hydrogen-bond donors (Lipinski definition) is 2. The van der Waals surface area contributed by atoms with Crippen molar-refractivity contribution in [3.05, 3.63) is 41.6 Å². The molecular weight excluding hydrogens is 224 g/mol. The Balaban J connectivity index is 2.43. The van der Waals surface area contributed by atoms with E-state index in [0.29, 0.717) is 12.4 Å². The lowest BCUT2D eigenvalue weighted by Gasteiger charge is -2.02. The van der Waals surface area contributed by atoms with E-state index in [-0.39, 0.29) is 6.03 Å². The molecule has 2 amide bonds. The van der Waals surface area contributed by atoms with Gasteiger partial charge in [0.25, 0.3) is 0 Å². The molecule has 1 rings (SSSR count). The van der Waals surface area contributed by atoms with Gasteiger partial charge in [-0.3, -0.25) is 0 Å². The molecule has 0 fully saturated rings. The molecule has 1 aromatic rings. The quantitative estimate of drug-likeness (QED) is 0.778. The van der Waals surface area contributed by atoms with E-state index in [9.17, 15) is 4.79 Å². The molecule has 0 aliphatic rings. The minimum absolute atomic E-state index is 0.245. The van der Waals surface area contributed by atoms with Gasteiger partial charge in [0.05, 0.1) is 0 Å². The number of aryl methyl sites for hydroxylation is 1. The van der Waals surface area contributed by atoms with E-state index in [1.54, 1.807) is 6.20 Å². The van der Waals surface area contributed by atoms with Gasteiger partial charge in [-0.2, -0.15) is 0 Å². The molecule has 0 aliphatic heterocycles. The summed E-state index contributed by atoms with van der Waals surface area (Å²) in [6.45, 7) is 2.48. The number of rotatable bonds is 4. The topological polar surface area (TPSA) is 41.1 Å². The maximum atomic E-state index is 11.1. The van der Waals surface area contributed by atoms with Crippen molar-refractivity contribution in [1.29, 1.82) is 0 Å². The van der Waals surface area contributed by atoms with Crippen LogP contribution in [0.1, 0.15) is 11.1 Å². The largest absolute Gasteiger partial charge is 0.337 e.